The Balaban J connectivity index is 0.797. The average Bonchev–Trinajstić information content (AvgIpc) is 3.67. The van der Waals surface area contributed by atoms with Gasteiger partial charge in [-0.15, -0.1) is 0 Å². The van der Waals surface area contributed by atoms with Crippen molar-refractivity contribution in [2.75, 3.05) is 9.80 Å². The first-order valence-electron chi connectivity index (χ1n) is 29.7. The highest BCUT2D eigenvalue weighted by Gasteiger charge is 2.37. The largest absolute Gasteiger partial charge is 0.310 e. The fourth-order valence-corrected chi connectivity index (χ4v) is 13.9. The molecule has 0 bridgehead atoms. The van der Waals surface area contributed by atoms with E-state index in [-0.39, 0.29) is 10.8 Å². The molecule has 86 heavy (non-hydrogen) atoms. The third kappa shape index (κ3) is 8.23. The Hall–Kier alpha value is -10.8. The van der Waals surface area contributed by atoms with Gasteiger partial charge in [0.2, 0.25) is 0 Å². The summed E-state index contributed by atoms with van der Waals surface area (Å²) >= 11 is 0. The summed E-state index contributed by atoms with van der Waals surface area (Å²) in [4.78, 5) is 15.3. The van der Waals surface area contributed by atoms with E-state index in [4.69, 9.17) is 9.97 Å². The summed E-state index contributed by atoms with van der Waals surface area (Å²) in [5.41, 5.74) is 29.1. The van der Waals surface area contributed by atoms with E-state index in [0.717, 1.165) is 102 Å². The van der Waals surface area contributed by atoms with E-state index in [1.54, 1.807) is 0 Å². The zero-order chi connectivity index (χ0) is 57.7. The number of benzene rings is 10. The molecule has 16 rings (SSSR count). The highest BCUT2D eigenvalue weighted by Crippen LogP contribution is 2.53. The molecule has 0 atom stereocenters. The van der Waals surface area contributed by atoms with Crippen LogP contribution in [0.4, 0.5) is 34.1 Å². The Bertz CT molecular complexity index is 4620. The van der Waals surface area contributed by atoms with Gasteiger partial charge in [0.25, 0.3) is 0 Å². The second kappa shape index (κ2) is 19.9. The van der Waals surface area contributed by atoms with Crippen LogP contribution >= 0.6 is 0 Å². The van der Waals surface area contributed by atoms with Gasteiger partial charge in [-0.1, -0.05) is 210 Å². The molecule has 410 valence electrons. The summed E-state index contributed by atoms with van der Waals surface area (Å²) < 4.78 is 4.43. The van der Waals surface area contributed by atoms with Gasteiger partial charge in [0, 0.05) is 79.6 Å². The maximum absolute atomic E-state index is 5.21. The van der Waals surface area contributed by atoms with E-state index < -0.39 is 0 Å². The van der Waals surface area contributed by atoms with Crippen molar-refractivity contribution in [1.29, 1.82) is 0 Å². The Morgan fingerprint density at radius 1 is 0.267 bits per heavy atom. The Morgan fingerprint density at radius 2 is 0.616 bits per heavy atom. The highest BCUT2D eigenvalue weighted by molar-refractivity contribution is 5.91. The molecule has 2 aliphatic carbocycles. The predicted octanol–water partition coefficient (Wildman–Crippen LogP) is 20.9. The van der Waals surface area contributed by atoms with Crippen molar-refractivity contribution < 1.29 is 0 Å². The Kier molecular flexibility index (Phi) is 11.8. The van der Waals surface area contributed by atoms with Gasteiger partial charge >= 0.3 is 0 Å². The van der Waals surface area contributed by atoms with E-state index in [2.05, 4.69) is 338 Å². The number of hydrogen-bond donors (Lipinski definition) is 0. The molecule has 0 N–H and O–H groups in total. The van der Waals surface area contributed by atoms with Crippen molar-refractivity contribution in [3.05, 3.63) is 314 Å². The van der Waals surface area contributed by atoms with E-state index in [1.165, 1.54) is 44.5 Å². The summed E-state index contributed by atoms with van der Waals surface area (Å²) in [7, 11) is 0. The molecule has 4 aromatic heterocycles. The highest BCUT2D eigenvalue weighted by atomic mass is 15.2. The average molecular weight is 1110 g/mol. The minimum absolute atomic E-state index is 0.172. The molecule has 0 saturated carbocycles. The molecule has 4 heterocycles. The molecule has 0 saturated heterocycles. The van der Waals surface area contributed by atoms with Gasteiger partial charge < -0.3 is 9.80 Å². The third-order valence-corrected chi connectivity index (χ3v) is 18.1. The van der Waals surface area contributed by atoms with Crippen LogP contribution < -0.4 is 9.80 Å². The number of pyridine rings is 2. The summed E-state index contributed by atoms with van der Waals surface area (Å²) in [5, 5.41) is 0. The molecule has 0 fully saturated rings. The first-order chi connectivity index (χ1) is 42.2. The monoisotopic (exact) mass is 1100 g/mol. The lowest BCUT2D eigenvalue weighted by atomic mass is 9.82. The van der Waals surface area contributed by atoms with Gasteiger partial charge in [-0.25, -0.2) is 9.97 Å². The van der Waals surface area contributed by atoms with Crippen LogP contribution in [0, 0.1) is 0 Å². The number of nitrogens with zero attached hydrogens (tertiary/aromatic N) is 6. The smallest absolute Gasteiger partial charge is 0.137 e. The van der Waals surface area contributed by atoms with Crippen LogP contribution in [-0.2, 0) is 10.8 Å². The molecule has 2 aliphatic rings. The number of aromatic nitrogens is 4. The quantitative estimate of drug-likeness (QED) is 0.129. The summed E-state index contributed by atoms with van der Waals surface area (Å²) in [6.45, 7) is 9.42. The van der Waals surface area contributed by atoms with Gasteiger partial charge in [0.15, 0.2) is 0 Å². The Labute approximate surface area is 501 Å². The van der Waals surface area contributed by atoms with Crippen LogP contribution in [0.15, 0.2) is 291 Å². The van der Waals surface area contributed by atoms with E-state index in [0.29, 0.717) is 0 Å². The molecule has 10 aromatic carbocycles. The van der Waals surface area contributed by atoms with Crippen LogP contribution in [0.25, 0.3) is 89.7 Å². The van der Waals surface area contributed by atoms with Crippen LogP contribution in [-0.4, -0.2) is 18.8 Å². The number of imidazole rings is 2. The molecular weight excluding hydrogens is 1040 g/mol. The van der Waals surface area contributed by atoms with E-state index >= 15 is 0 Å². The number of fused-ring (bicyclic) bond motifs is 8. The minimum atomic E-state index is -0.172. The molecule has 0 unspecified atom stereocenters. The molecule has 0 aliphatic heterocycles. The number of anilines is 6. The van der Waals surface area contributed by atoms with Crippen molar-refractivity contribution >= 4 is 45.4 Å². The third-order valence-electron chi connectivity index (χ3n) is 18.1. The zero-order valence-corrected chi connectivity index (χ0v) is 48.4. The summed E-state index contributed by atoms with van der Waals surface area (Å²) in [5.74, 6) is 0. The lowest BCUT2D eigenvalue weighted by molar-refractivity contribution is 0.660. The zero-order valence-electron chi connectivity index (χ0n) is 48.4. The van der Waals surface area contributed by atoms with Crippen molar-refractivity contribution in [2.24, 2.45) is 0 Å². The first-order valence-corrected chi connectivity index (χ1v) is 29.7. The first kappa shape index (κ1) is 50.9. The van der Waals surface area contributed by atoms with E-state index in [1.807, 2.05) is 0 Å². The lowest BCUT2D eigenvalue weighted by Gasteiger charge is -2.29. The summed E-state index contributed by atoms with van der Waals surface area (Å²) in [6.07, 6.45) is 4.24. The van der Waals surface area contributed by atoms with Crippen molar-refractivity contribution in [3.8, 4) is 78.4 Å². The lowest BCUT2D eigenvalue weighted by Crippen LogP contribution is -2.16. The van der Waals surface area contributed by atoms with Gasteiger partial charge in [-0.2, -0.15) is 0 Å². The standard InChI is InChI=1S/C80H60N6/c1-79(2)69-31-13-11-29-65(69)67-45-43-63(51-71(67)79)85(61-27-19-25-57(49-61)77-75(55-21-7-5-8-22-55)81-73-33-15-17-47-83(73)77)59-39-35-53(36-40-59)54-37-41-60(42-38-54)86(64-44-46-68-66-30-12-14-32-70(66)80(3,4)72(68)52-64)62-28-20-26-58(50-62)78-76(56-23-9-6-10-24-56)82-74-34-16-18-48-84(74)78/h5-52H,1-4H3. The van der Waals surface area contributed by atoms with Crippen LogP contribution in [0.5, 0.6) is 0 Å². The fraction of sp³-hybridized carbons (Fsp3) is 0.0750. The molecule has 0 amide bonds. The molecule has 6 heteroatoms. The number of hydrogen-bond acceptors (Lipinski definition) is 4. The van der Waals surface area contributed by atoms with Crippen molar-refractivity contribution in [1.82, 2.24) is 18.8 Å². The van der Waals surface area contributed by atoms with Crippen molar-refractivity contribution in [2.45, 2.75) is 38.5 Å². The maximum atomic E-state index is 5.21. The molecular formula is C80H60N6. The second-order valence-electron chi connectivity index (χ2n) is 23.9. The Morgan fingerprint density at radius 3 is 1.05 bits per heavy atom. The molecule has 0 spiro atoms. The fourth-order valence-electron chi connectivity index (χ4n) is 13.9. The van der Waals surface area contributed by atoms with Gasteiger partial charge in [0.05, 0.1) is 22.8 Å². The maximum Gasteiger partial charge on any atom is 0.137 e. The van der Waals surface area contributed by atoms with E-state index in [9.17, 15) is 0 Å². The van der Waals surface area contributed by atoms with Crippen molar-refractivity contribution in [3.63, 3.8) is 0 Å². The second-order valence-corrected chi connectivity index (χ2v) is 23.9. The van der Waals surface area contributed by atoms with Crippen LogP contribution in [0.1, 0.15) is 49.9 Å². The normalized spacial score (nSPS) is 13.3. The van der Waals surface area contributed by atoms with Crippen LogP contribution in [0.3, 0.4) is 0 Å². The molecule has 14 aromatic rings. The predicted molar refractivity (Wildman–Crippen MR) is 356 cm³/mol. The minimum Gasteiger partial charge on any atom is -0.310 e. The van der Waals surface area contributed by atoms with Crippen LogP contribution in [0.2, 0.25) is 0 Å². The SMILES string of the molecule is CC1(C)c2ccccc2-c2ccc(N(c3ccc(-c4ccc(N(c5cccc(-c6c(-c7ccccc7)nc7ccccn67)c5)c5ccc6c(c5)C(C)(C)c5ccccc5-6)cc4)cc3)c3cccc(-c4c(-c5ccccc5)nc5ccccn45)c3)cc21. The van der Waals surface area contributed by atoms with Gasteiger partial charge in [-0.05, 0) is 153 Å². The summed E-state index contributed by atoms with van der Waals surface area (Å²) in [6, 6.07) is 101. The molecule has 0 radical (unpaired) electrons. The topological polar surface area (TPSA) is 41.1 Å². The number of rotatable bonds is 11. The molecule has 6 nitrogen and oxygen atoms in total. The van der Waals surface area contributed by atoms with Gasteiger partial charge in [-0.3, -0.25) is 8.80 Å². The van der Waals surface area contributed by atoms with Gasteiger partial charge in [0.1, 0.15) is 11.3 Å².